The van der Waals surface area contributed by atoms with Crippen LogP contribution in [0.3, 0.4) is 0 Å². The van der Waals surface area contributed by atoms with Crippen LogP contribution in [0.5, 0.6) is 0 Å². The highest BCUT2D eigenvalue weighted by molar-refractivity contribution is 6.40. The molecule has 0 N–H and O–H groups in total. The van der Waals surface area contributed by atoms with Gasteiger partial charge in [0.2, 0.25) is 0 Å². The first-order chi connectivity index (χ1) is 8.45. The van der Waals surface area contributed by atoms with Crippen molar-refractivity contribution in [3.8, 4) is 0 Å². The highest BCUT2D eigenvalue weighted by Gasteiger charge is 2.10. The fourth-order valence-corrected chi connectivity index (χ4v) is 1.57. The molecule has 0 rings (SSSR count). The first-order valence-corrected chi connectivity index (χ1v) is 6.60. The predicted molar refractivity (Wildman–Crippen MR) is 84.9 cm³/mol. The summed E-state index contributed by atoms with van der Waals surface area (Å²) in [5, 5.41) is 0. The van der Waals surface area contributed by atoms with Gasteiger partial charge in [0.1, 0.15) is 7.28 Å². The molecule has 18 heavy (non-hydrogen) atoms. The van der Waals surface area contributed by atoms with Gasteiger partial charge in [-0.1, -0.05) is 58.0 Å². The van der Waals surface area contributed by atoms with E-state index in [1.54, 1.807) is 0 Å². The van der Waals surface area contributed by atoms with Gasteiger partial charge in [-0.05, 0) is 24.1 Å². The van der Waals surface area contributed by atoms with Gasteiger partial charge in [0.15, 0.2) is 0 Å². The van der Waals surface area contributed by atoms with Crippen LogP contribution in [0.2, 0.25) is 6.82 Å². The molecule has 0 heterocycles. The minimum absolute atomic E-state index is 0.341. The van der Waals surface area contributed by atoms with Crippen molar-refractivity contribution in [2.75, 3.05) is 13.6 Å². The van der Waals surface area contributed by atoms with E-state index in [0.717, 1.165) is 13.0 Å². The van der Waals surface area contributed by atoms with Crippen molar-refractivity contribution in [1.82, 2.24) is 4.90 Å². The van der Waals surface area contributed by atoms with Crippen LogP contribution >= 0.6 is 0 Å². The molecule has 1 radical (unpaired) electrons. The van der Waals surface area contributed by atoms with E-state index in [2.05, 4.69) is 69.3 Å². The van der Waals surface area contributed by atoms with Crippen LogP contribution in [0.1, 0.15) is 27.2 Å². The Morgan fingerprint density at radius 1 is 1.00 bits per heavy atom. The second-order valence-electron chi connectivity index (χ2n) is 5.63. The van der Waals surface area contributed by atoms with E-state index in [-0.39, 0.29) is 0 Å². The van der Waals surface area contributed by atoms with Gasteiger partial charge in [-0.25, -0.2) is 0 Å². The fourth-order valence-electron chi connectivity index (χ4n) is 1.57. The normalized spacial score (nSPS) is 13.4. The highest BCUT2D eigenvalue weighted by atomic mass is 15.1. The maximum Gasteiger partial charge on any atom is 0.137 e. The summed E-state index contributed by atoms with van der Waals surface area (Å²) in [7, 11) is 4.13. The molecule has 0 aromatic rings. The molecule has 0 saturated heterocycles. The number of allylic oxidation sites excluding steroid dienone is 6. The Morgan fingerprint density at radius 3 is 2.17 bits per heavy atom. The summed E-state index contributed by atoms with van der Waals surface area (Å²) in [6.45, 7) is 9.83. The Balaban J connectivity index is 3.81. The van der Waals surface area contributed by atoms with E-state index in [0.29, 0.717) is 5.41 Å². The lowest BCUT2D eigenvalue weighted by Crippen LogP contribution is -2.24. The molecule has 0 bridgehead atoms. The smallest absolute Gasteiger partial charge is 0.137 e. The van der Waals surface area contributed by atoms with E-state index in [4.69, 9.17) is 0 Å². The minimum Gasteiger partial charge on any atom is -0.380 e. The summed E-state index contributed by atoms with van der Waals surface area (Å²) in [5.74, 6) is 2.03. The van der Waals surface area contributed by atoms with E-state index >= 15 is 0 Å². The first kappa shape index (κ1) is 16.8. The molecule has 0 aliphatic heterocycles. The molecule has 0 aromatic heterocycles. The Bertz CT molecular complexity index is 306. The van der Waals surface area contributed by atoms with E-state index in [1.165, 1.54) is 0 Å². The summed E-state index contributed by atoms with van der Waals surface area (Å²) >= 11 is 0. The third-order valence-corrected chi connectivity index (χ3v) is 2.13. The summed E-state index contributed by atoms with van der Waals surface area (Å²) in [6, 6.07) is 0. The average Bonchev–Trinajstić information content (AvgIpc) is 2.24. The van der Waals surface area contributed by atoms with E-state index < -0.39 is 0 Å². The first-order valence-electron chi connectivity index (χ1n) is 6.60. The maximum atomic E-state index is 2.25. The predicted octanol–water partition coefficient (Wildman–Crippen LogP) is 4.25. The lowest BCUT2D eigenvalue weighted by atomic mass is 9.82. The molecule has 0 atom stereocenters. The number of hydrogen-bond acceptors (Lipinski definition) is 1. The Hall–Kier alpha value is -1.18. The molecule has 1 nitrogen and oxygen atoms in total. The van der Waals surface area contributed by atoms with E-state index in [9.17, 15) is 0 Å². The molecule has 0 fully saturated rings. The Morgan fingerprint density at radius 2 is 1.61 bits per heavy atom. The zero-order valence-corrected chi connectivity index (χ0v) is 12.6. The molecule has 0 aliphatic carbocycles. The summed E-state index contributed by atoms with van der Waals surface area (Å²) in [6.07, 6.45) is 15.7. The van der Waals surface area contributed by atoms with Gasteiger partial charge in [-0.15, -0.1) is 5.98 Å². The third-order valence-electron chi connectivity index (χ3n) is 2.13. The molecule has 99 valence electrons. The second-order valence-corrected chi connectivity index (χ2v) is 5.63. The third kappa shape index (κ3) is 12.9. The summed E-state index contributed by atoms with van der Waals surface area (Å²) in [5.41, 5.74) is 0.341. The SMILES string of the molecule is C[B]/C=C\C=C/C/C=C\C=C/N(C)CC(C)(C)C. The van der Waals surface area contributed by atoms with Gasteiger partial charge in [0.25, 0.3) is 0 Å². The molecule has 2 heteroatoms. The van der Waals surface area contributed by atoms with Crippen molar-refractivity contribution in [2.45, 2.75) is 34.0 Å². The minimum atomic E-state index is 0.341. The zero-order chi connectivity index (χ0) is 13.9. The van der Waals surface area contributed by atoms with Crippen LogP contribution in [-0.2, 0) is 0 Å². The highest BCUT2D eigenvalue weighted by Crippen LogP contribution is 2.13. The monoisotopic (exact) mass is 244 g/mol. The molecular formula is C16H27BN. The van der Waals surface area contributed by atoms with Crippen LogP contribution in [0.25, 0.3) is 0 Å². The van der Waals surface area contributed by atoms with Crippen molar-refractivity contribution in [1.29, 1.82) is 0 Å². The Labute approximate surface area is 114 Å². The fraction of sp³-hybridized carbons (Fsp3) is 0.500. The standard InChI is InChI=1S/C16H27BN/c1-16(2,3)15-18(5)14-12-10-8-6-7-9-11-13-17-4/h7-14H,6,15H2,1-5H3/b9-7-,10-8-,13-11-,14-12-. The summed E-state index contributed by atoms with van der Waals surface area (Å²) in [4.78, 5) is 2.22. The van der Waals surface area contributed by atoms with Gasteiger partial charge in [0.05, 0.1) is 0 Å². The van der Waals surface area contributed by atoms with Crippen LogP contribution in [0.4, 0.5) is 0 Å². The molecule has 0 aromatic carbocycles. The Kier molecular flexibility index (Phi) is 9.17. The number of hydrogen-bond donors (Lipinski definition) is 0. The average molecular weight is 244 g/mol. The molecule has 0 spiro atoms. The van der Waals surface area contributed by atoms with Gasteiger partial charge in [0, 0.05) is 13.6 Å². The molecule has 0 unspecified atom stereocenters. The zero-order valence-electron chi connectivity index (χ0n) is 12.6. The van der Waals surface area contributed by atoms with Gasteiger partial charge >= 0.3 is 0 Å². The number of rotatable bonds is 7. The van der Waals surface area contributed by atoms with Crippen molar-refractivity contribution >= 4 is 7.28 Å². The van der Waals surface area contributed by atoms with E-state index in [1.807, 2.05) is 26.2 Å². The molecule has 0 amide bonds. The van der Waals surface area contributed by atoms with Crippen molar-refractivity contribution in [3.05, 3.63) is 48.6 Å². The van der Waals surface area contributed by atoms with Crippen molar-refractivity contribution < 1.29 is 0 Å². The largest absolute Gasteiger partial charge is 0.380 e. The molecular weight excluding hydrogens is 217 g/mol. The topological polar surface area (TPSA) is 3.24 Å². The van der Waals surface area contributed by atoms with Gasteiger partial charge in [-0.3, -0.25) is 0 Å². The van der Waals surface area contributed by atoms with Crippen LogP contribution in [-0.4, -0.2) is 25.8 Å². The van der Waals surface area contributed by atoms with Gasteiger partial charge < -0.3 is 4.90 Å². The lowest BCUT2D eigenvalue weighted by molar-refractivity contribution is 0.285. The van der Waals surface area contributed by atoms with Crippen molar-refractivity contribution in [3.63, 3.8) is 0 Å². The van der Waals surface area contributed by atoms with Gasteiger partial charge in [-0.2, -0.15) is 0 Å². The van der Waals surface area contributed by atoms with Crippen molar-refractivity contribution in [2.24, 2.45) is 5.41 Å². The van der Waals surface area contributed by atoms with Crippen LogP contribution in [0, 0.1) is 5.41 Å². The quantitative estimate of drug-likeness (QED) is 0.478. The summed E-state index contributed by atoms with van der Waals surface area (Å²) < 4.78 is 0. The molecule has 0 saturated carbocycles. The number of nitrogens with zero attached hydrogens (tertiary/aromatic N) is 1. The van der Waals surface area contributed by atoms with Crippen LogP contribution < -0.4 is 0 Å². The lowest BCUT2D eigenvalue weighted by Gasteiger charge is -2.25. The van der Waals surface area contributed by atoms with Crippen LogP contribution in [0.15, 0.2) is 48.6 Å². The second kappa shape index (κ2) is 9.81. The maximum absolute atomic E-state index is 2.25. The molecule has 0 aliphatic rings.